The van der Waals surface area contributed by atoms with Crippen molar-refractivity contribution in [3.8, 4) is 0 Å². The van der Waals surface area contributed by atoms with Gasteiger partial charge in [-0.3, -0.25) is 9.88 Å². The zero-order chi connectivity index (χ0) is 14.8. The molecular formula is C16H29N3O. The Labute approximate surface area is 123 Å². The SMILES string of the molecule is CCC(CC)N(CCOC)Cc1cccc(CNC)n1. The lowest BCUT2D eigenvalue weighted by molar-refractivity contribution is 0.109. The molecular weight excluding hydrogens is 250 g/mol. The summed E-state index contributed by atoms with van der Waals surface area (Å²) < 4.78 is 5.24. The van der Waals surface area contributed by atoms with E-state index in [1.807, 2.05) is 7.05 Å². The Bertz CT molecular complexity index is 366. The maximum absolute atomic E-state index is 5.24. The van der Waals surface area contributed by atoms with Crippen LogP contribution in [0.25, 0.3) is 0 Å². The predicted octanol–water partition coefficient (Wildman–Crippen LogP) is 2.44. The van der Waals surface area contributed by atoms with Gasteiger partial charge in [-0.05, 0) is 32.0 Å². The van der Waals surface area contributed by atoms with E-state index in [0.29, 0.717) is 6.04 Å². The highest BCUT2D eigenvalue weighted by atomic mass is 16.5. The lowest BCUT2D eigenvalue weighted by Gasteiger charge is -2.30. The second-order valence-corrected chi connectivity index (χ2v) is 5.08. The number of hydrogen-bond donors (Lipinski definition) is 1. The van der Waals surface area contributed by atoms with Crippen molar-refractivity contribution in [2.45, 2.75) is 45.8 Å². The minimum absolute atomic E-state index is 0.597. The van der Waals surface area contributed by atoms with E-state index in [1.54, 1.807) is 7.11 Å². The number of hydrogen-bond acceptors (Lipinski definition) is 4. The Morgan fingerprint density at radius 3 is 2.55 bits per heavy atom. The van der Waals surface area contributed by atoms with E-state index in [9.17, 15) is 0 Å². The van der Waals surface area contributed by atoms with Crippen LogP contribution in [0.3, 0.4) is 0 Å². The van der Waals surface area contributed by atoms with E-state index < -0.39 is 0 Å². The number of nitrogens with zero attached hydrogens (tertiary/aromatic N) is 2. The molecule has 0 saturated heterocycles. The highest BCUT2D eigenvalue weighted by molar-refractivity contribution is 5.11. The summed E-state index contributed by atoms with van der Waals surface area (Å²) >= 11 is 0. The van der Waals surface area contributed by atoms with Gasteiger partial charge in [-0.2, -0.15) is 0 Å². The van der Waals surface area contributed by atoms with Crippen molar-refractivity contribution >= 4 is 0 Å². The van der Waals surface area contributed by atoms with Crippen molar-refractivity contribution < 1.29 is 4.74 Å². The first-order valence-corrected chi connectivity index (χ1v) is 7.57. The first kappa shape index (κ1) is 17.1. The molecule has 0 amide bonds. The molecule has 0 aliphatic heterocycles. The molecule has 0 spiro atoms. The van der Waals surface area contributed by atoms with E-state index in [2.05, 4.69) is 42.3 Å². The van der Waals surface area contributed by atoms with E-state index in [4.69, 9.17) is 9.72 Å². The molecule has 0 unspecified atom stereocenters. The number of methoxy groups -OCH3 is 1. The first-order valence-electron chi connectivity index (χ1n) is 7.57. The summed E-state index contributed by atoms with van der Waals surface area (Å²) in [4.78, 5) is 7.20. The summed E-state index contributed by atoms with van der Waals surface area (Å²) in [6, 6.07) is 6.87. The van der Waals surface area contributed by atoms with Crippen molar-refractivity contribution in [1.29, 1.82) is 0 Å². The van der Waals surface area contributed by atoms with Crippen LogP contribution in [0.4, 0.5) is 0 Å². The van der Waals surface area contributed by atoms with Crippen LogP contribution in [0, 0.1) is 0 Å². The molecule has 114 valence electrons. The molecule has 20 heavy (non-hydrogen) atoms. The quantitative estimate of drug-likeness (QED) is 0.714. The summed E-state index contributed by atoms with van der Waals surface area (Å²) in [5.74, 6) is 0. The van der Waals surface area contributed by atoms with Gasteiger partial charge in [0.1, 0.15) is 0 Å². The first-order chi connectivity index (χ1) is 9.74. The van der Waals surface area contributed by atoms with Crippen LogP contribution in [-0.2, 0) is 17.8 Å². The molecule has 4 heteroatoms. The molecule has 0 saturated carbocycles. The number of ether oxygens (including phenoxy) is 1. The Kier molecular flexibility index (Phi) is 8.42. The van der Waals surface area contributed by atoms with Crippen molar-refractivity contribution in [2.24, 2.45) is 0 Å². The zero-order valence-corrected chi connectivity index (χ0v) is 13.4. The summed E-state index contributed by atoms with van der Waals surface area (Å²) in [6.07, 6.45) is 2.33. The minimum Gasteiger partial charge on any atom is -0.383 e. The standard InChI is InChI=1S/C16H29N3O/c1-5-16(6-2)19(10-11-20-4)13-15-9-7-8-14(18-15)12-17-3/h7-9,16-17H,5-6,10-13H2,1-4H3. The molecule has 1 heterocycles. The van der Waals surface area contributed by atoms with Gasteiger partial charge in [-0.25, -0.2) is 0 Å². The van der Waals surface area contributed by atoms with Crippen LogP contribution in [-0.4, -0.2) is 43.2 Å². The summed E-state index contributed by atoms with van der Waals surface area (Å²) in [5, 5.41) is 3.15. The van der Waals surface area contributed by atoms with Crippen LogP contribution >= 0.6 is 0 Å². The maximum atomic E-state index is 5.24. The van der Waals surface area contributed by atoms with Crippen LogP contribution < -0.4 is 5.32 Å². The van der Waals surface area contributed by atoms with Gasteiger partial charge in [0, 0.05) is 32.8 Å². The van der Waals surface area contributed by atoms with Crippen LogP contribution in [0.2, 0.25) is 0 Å². The lowest BCUT2D eigenvalue weighted by Crippen LogP contribution is -2.36. The molecule has 1 rings (SSSR count). The van der Waals surface area contributed by atoms with Crippen LogP contribution in [0.15, 0.2) is 18.2 Å². The molecule has 0 bridgehead atoms. The summed E-state index contributed by atoms with van der Waals surface area (Å²) in [5.41, 5.74) is 2.24. The number of nitrogens with one attached hydrogen (secondary N) is 1. The van der Waals surface area contributed by atoms with E-state index in [1.165, 1.54) is 0 Å². The second kappa shape index (κ2) is 9.86. The van der Waals surface area contributed by atoms with Gasteiger partial charge in [-0.15, -0.1) is 0 Å². The third-order valence-electron chi connectivity index (χ3n) is 3.63. The molecule has 0 aromatic carbocycles. The summed E-state index contributed by atoms with van der Waals surface area (Å²) in [7, 11) is 3.71. The van der Waals surface area contributed by atoms with Gasteiger partial charge in [0.15, 0.2) is 0 Å². The Balaban J connectivity index is 2.74. The minimum atomic E-state index is 0.597. The Morgan fingerprint density at radius 2 is 1.95 bits per heavy atom. The van der Waals surface area contributed by atoms with Crippen molar-refractivity contribution in [3.05, 3.63) is 29.6 Å². The smallest absolute Gasteiger partial charge is 0.0589 e. The highest BCUT2D eigenvalue weighted by Gasteiger charge is 2.15. The van der Waals surface area contributed by atoms with Gasteiger partial charge in [0.2, 0.25) is 0 Å². The van der Waals surface area contributed by atoms with E-state index in [-0.39, 0.29) is 0 Å². The molecule has 1 aromatic heterocycles. The fourth-order valence-corrected chi connectivity index (χ4v) is 2.51. The number of pyridine rings is 1. The van der Waals surface area contributed by atoms with E-state index in [0.717, 1.165) is 50.5 Å². The zero-order valence-electron chi connectivity index (χ0n) is 13.4. The van der Waals surface area contributed by atoms with Crippen molar-refractivity contribution in [1.82, 2.24) is 15.2 Å². The lowest BCUT2D eigenvalue weighted by atomic mass is 10.1. The van der Waals surface area contributed by atoms with Gasteiger partial charge < -0.3 is 10.1 Å². The molecule has 4 nitrogen and oxygen atoms in total. The monoisotopic (exact) mass is 279 g/mol. The molecule has 1 aromatic rings. The summed E-state index contributed by atoms with van der Waals surface area (Å²) in [6.45, 7) is 7.94. The number of rotatable bonds is 10. The Morgan fingerprint density at radius 1 is 1.25 bits per heavy atom. The van der Waals surface area contributed by atoms with Crippen LogP contribution in [0.1, 0.15) is 38.1 Å². The normalized spacial score (nSPS) is 11.5. The third-order valence-corrected chi connectivity index (χ3v) is 3.63. The van der Waals surface area contributed by atoms with Gasteiger partial charge in [0.05, 0.1) is 18.0 Å². The third kappa shape index (κ3) is 5.57. The number of aromatic nitrogens is 1. The van der Waals surface area contributed by atoms with Crippen molar-refractivity contribution in [3.63, 3.8) is 0 Å². The van der Waals surface area contributed by atoms with Gasteiger partial charge in [0.25, 0.3) is 0 Å². The fourth-order valence-electron chi connectivity index (χ4n) is 2.51. The molecule has 0 fully saturated rings. The fraction of sp³-hybridized carbons (Fsp3) is 0.688. The molecule has 0 atom stereocenters. The second-order valence-electron chi connectivity index (χ2n) is 5.08. The topological polar surface area (TPSA) is 37.4 Å². The highest BCUT2D eigenvalue weighted by Crippen LogP contribution is 2.12. The van der Waals surface area contributed by atoms with Crippen molar-refractivity contribution in [2.75, 3.05) is 27.3 Å². The molecule has 0 aliphatic carbocycles. The Hall–Kier alpha value is -0.970. The average Bonchev–Trinajstić information content (AvgIpc) is 2.46. The van der Waals surface area contributed by atoms with Crippen LogP contribution in [0.5, 0.6) is 0 Å². The average molecular weight is 279 g/mol. The molecule has 0 aliphatic rings. The molecule has 0 radical (unpaired) electrons. The largest absolute Gasteiger partial charge is 0.383 e. The predicted molar refractivity (Wildman–Crippen MR) is 83.7 cm³/mol. The van der Waals surface area contributed by atoms with Gasteiger partial charge >= 0.3 is 0 Å². The van der Waals surface area contributed by atoms with E-state index >= 15 is 0 Å². The van der Waals surface area contributed by atoms with Gasteiger partial charge in [-0.1, -0.05) is 19.9 Å². The maximum Gasteiger partial charge on any atom is 0.0589 e. The molecule has 1 N–H and O–H groups in total.